The highest BCUT2D eigenvalue weighted by Gasteiger charge is 2.19. The lowest BCUT2D eigenvalue weighted by atomic mass is 10.2. The third-order valence-corrected chi connectivity index (χ3v) is 5.97. The van der Waals surface area contributed by atoms with E-state index in [1.54, 1.807) is 12.1 Å². The zero-order valence-electron chi connectivity index (χ0n) is 17.5. The molecule has 3 aromatic carbocycles. The van der Waals surface area contributed by atoms with Crippen LogP contribution >= 0.6 is 0 Å². The SMILES string of the molecule is Cc1ccc(NC(=O)CN(C)C(=O)c2ccc(S(=O)(=O)Nc3ccccc3F)cc2)cc1. The standard InChI is InChI=1S/C23H22FN3O4S/c1-16-7-11-18(12-8-16)25-22(28)15-27(2)23(29)17-9-13-19(14-10-17)32(30,31)26-21-6-4-3-5-20(21)24/h3-14,26H,15H2,1-2H3,(H,25,28). The Morgan fingerprint density at radius 3 is 2.19 bits per heavy atom. The number of para-hydroxylation sites is 1. The van der Waals surface area contributed by atoms with Crippen LogP contribution < -0.4 is 10.0 Å². The van der Waals surface area contributed by atoms with Crippen LogP contribution in [0.5, 0.6) is 0 Å². The lowest BCUT2D eigenvalue weighted by Crippen LogP contribution is -2.34. The molecule has 9 heteroatoms. The number of amides is 2. The summed E-state index contributed by atoms with van der Waals surface area (Å²) >= 11 is 0. The highest BCUT2D eigenvalue weighted by atomic mass is 32.2. The predicted octanol–water partition coefficient (Wildman–Crippen LogP) is 3.65. The smallest absolute Gasteiger partial charge is 0.261 e. The number of benzene rings is 3. The summed E-state index contributed by atoms with van der Waals surface area (Å²) in [7, 11) is -2.56. The van der Waals surface area contributed by atoms with Crippen molar-refractivity contribution in [2.75, 3.05) is 23.6 Å². The second-order valence-corrected chi connectivity index (χ2v) is 8.87. The first-order valence-corrected chi connectivity index (χ1v) is 11.1. The summed E-state index contributed by atoms with van der Waals surface area (Å²) in [6, 6.07) is 17.8. The molecule has 0 saturated heterocycles. The van der Waals surface area contributed by atoms with Crippen molar-refractivity contribution in [3.8, 4) is 0 Å². The Hall–Kier alpha value is -3.72. The molecule has 32 heavy (non-hydrogen) atoms. The molecule has 7 nitrogen and oxygen atoms in total. The third kappa shape index (κ3) is 5.70. The van der Waals surface area contributed by atoms with Crippen LogP contribution in [0.15, 0.2) is 77.7 Å². The van der Waals surface area contributed by atoms with Gasteiger partial charge in [0.2, 0.25) is 5.91 Å². The molecule has 0 aliphatic heterocycles. The van der Waals surface area contributed by atoms with Gasteiger partial charge < -0.3 is 10.2 Å². The summed E-state index contributed by atoms with van der Waals surface area (Å²) in [6.07, 6.45) is 0. The zero-order chi connectivity index (χ0) is 23.3. The van der Waals surface area contributed by atoms with Gasteiger partial charge in [0.15, 0.2) is 0 Å². The fourth-order valence-electron chi connectivity index (χ4n) is 2.87. The number of nitrogens with zero attached hydrogens (tertiary/aromatic N) is 1. The van der Waals surface area contributed by atoms with E-state index < -0.39 is 21.7 Å². The minimum Gasteiger partial charge on any atom is -0.332 e. The number of hydrogen-bond donors (Lipinski definition) is 2. The minimum atomic E-state index is -4.03. The van der Waals surface area contributed by atoms with Gasteiger partial charge in [-0.3, -0.25) is 14.3 Å². The van der Waals surface area contributed by atoms with Crippen LogP contribution in [0.4, 0.5) is 15.8 Å². The van der Waals surface area contributed by atoms with Gasteiger partial charge in [-0.1, -0.05) is 29.8 Å². The lowest BCUT2D eigenvalue weighted by molar-refractivity contribution is -0.116. The van der Waals surface area contributed by atoms with Gasteiger partial charge in [0.05, 0.1) is 17.1 Å². The molecule has 166 valence electrons. The molecular weight excluding hydrogens is 433 g/mol. The molecule has 3 aromatic rings. The van der Waals surface area contributed by atoms with Crippen molar-refractivity contribution in [2.45, 2.75) is 11.8 Å². The summed E-state index contributed by atoms with van der Waals surface area (Å²) in [5.41, 5.74) is 1.72. The van der Waals surface area contributed by atoms with Crippen molar-refractivity contribution in [2.24, 2.45) is 0 Å². The second kappa shape index (κ2) is 9.61. The van der Waals surface area contributed by atoms with E-state index >= 15 is 0 Å². The first kappa shape index (κ1) is 23.0. The largest absolute Gasteiger partial charge is 0.332 e. The monoisotopic (exact) mass is 455 g/mol. The first-order valence-electron chi connectivity index (χ1n) is 9.65. The maximum Gasteiger partial charge on any atom is 0.261 e. The van der Waals surface area contributed by atoms with Crippen LogP contribution in [-0.4, -0.2) is 38.7 Å². The highest BCUT2D eigenvalue weighted by Crippen LogP contribution is 2.19. The van der Waals surface area contributed by atoms with E-state index in [2.05, 4.69) is 10.0 Å². The molecule has 0 radical (unpaired) electrons. The molecule has 0 aliphatic rings. The van der Waals surface area contributed by atoms with E-state index in [1.807, 2.05) is 19.1 Å². The van der Waals surface area contributed by atoms with E-state index in [1.165, 1.54) is 54.4 Å². The molecule has 2 N–H and O–H groups in total. The zero-order valence-corrected chi connectivity index (χ0v) is 18.3. The molecule has 2 amide bonds. The van der Waals surface area contributed by atoms with Gasteiger partial charge in [-0.15, -0.1) is 0 Å². The van der Waals surface area contributed by atoms with Gasteiger partial charge in [-0.05, 0) is 55.5 Å². The Balaban J connectivity index is 1.64. The number of sulfonamides is 1. The van der Waals surface area contributed by atoms with E-state index in [0.717, 1.165) is 11.6 Å². The number of carbonyl (C=O) groups is 2. The Bertz CT molecular complexity index is 1230. The molecule has 0 fully saturated rings. The van der Waals surface area contributed by atoms with Crippen molar-refractivity contribution in [1.82, 2.24) is 4.90 Å². The van der Waals surface area contributed by atoms with Crippen LogP contribution in [0.2, 0.25) is 0 Å². The van der Waals surface area contributed by atoms with Gasteiger partial charge in [0.25, 0.3) is 15.9 Å². The maximum absolute atomic E-state index is 13.7. The molecule has 0 aromatic heterocycles. The van der Waals surface area contributed by atoms with Crippen LogP contribution in [0.3, 0.4) is 0 Å². The van der Waals surface area contributed by atoms with Gasteiger partial charge in [-0.2, -0.15) is 0 Å². The maximum atomic E-state index is 13.7. The summed E-state index contributed by atoms with van der Waals surface area (Å²) in [5, 5.41) is 2.71. The number of carbonyl (C=O) groups excluding carboxylic acids is 2. The molecule has 0 aliphatic carbocycles. The van der Waals surface area contributed by atoms with E-state index in [0.29, 0.717) is 5.69 Å². The number of hydrogen-bond acceptors (Lipinski definition) is 4. The fraction of sp³-hybridized carbons (Fsp3) is 0.130. The number of anilines is 2. The van der Waals surface area contributed by atoms with Gasteiger partial charge in [-0.25, -0.2) is 12.8 Å². The summed E-state index contributed by atoms with van der Waals surface area (Å²) in [6.45, 7) is 1.76. The Labute approximate surface area is 185 Å². The first-order chi connectivity index (χ1) is 15.2. The van der Waals surface area contributed by atoms with Crippen molar-refractivity contribution in [3.05, 3.63) is 89.7 Å². The van der Waals surface area contributed by atoms with Crippen molar-refractivity contribution >= 4 is 33.2 Å². The van der Waals surface area contributed by atoms with Crippen LogP contribution in [0.25, 0.3) is 0 Å². The lowest BCUT2D eigenvalue weighted by Gasteiger charge is -2.17. The van der Waals surface area contributed by atoms with Crippen LogP contribution in [-0.2, 0) is 14.8 Å². The third-order valence-electron chi connectivity index (χ3n) is 4.59. The average molecular weight is 456 g/mol. The average Bonchev–Trinajstić information content (AvgIpc) is 2.76. The minimum absolute atomic E-state index is 0.128. The Morgan fingerprint density at radius 2 is 1.56 bits per heavy atom. The topological polar surface area (TPSA) is 95.6 Å². The highest BCUT2D eigenvalue weighted by molar-refractivity contribution is 7.92. The van der Waals surface area contributed by atoms with E-state index in [9.17, 15) is 22.4 Å². The molecule has 0 saturated carbocycles. The number of nitrogens with one attached hydrogen (secondary N) is 2. The van der Waals surface area contributed by atoms with Gasteiger partial charge >= 0.3 is 0 Å². The summed E-state index contributed by atoms with van der Waals surface area (Å²) in [4.78, 5) is 25.9. The number of aryl methyl sites for hydroxylation is 1. The van der Waals surface area contributed by atoms with Crippen molar-refractivity contribution < 1.29 is 22.4 Å². The summed E-state index contributed by atoms with van der Waals surface area (Å²) in [5.74, 6) is -1.51. The number of halogens is 1. The van der Waals surface area contributed by atoms with E-state index in [-0.39, 0.29) is 28.6 Å². The van der Waals surface area contributed by atoms with Crippen molar-refractivity contribution in [3.63, 3.8) is 0 Å². The molecule has 0 unspecified atom stereocenters. The number of likely N-dealkylation sites (N-methyl/N-ethyl adjacent to an activating group) is 1. The molecule has 3 rings (SSSR count). The molecule has 0 spiro atoms. The number of rotatable bonds is 7. The normalized spacial score (nSPS) is 11.0. The van der Waals surface area contributed by atoms with Gasteiger partial charge in [0, 0.05) is 18.3 Å². The quantitative estimate of drug-likeness (QED) is 0.569. The second-order valence-electron chi connectivity index (χ2n) is 7.19. The molecular formula is C23H22FN3O4S. The van der Waals surface area contributed by atoms with E-state index in [4.69, 9.17) is 0 Å². The van der Waals surface area contributed by atoms with Crippen LogP contribution in [0, 0.1) is 12.7 Å². The Kier molecular flexibility index (Phi) is 6.89. The molecule has 0 bridgehead atoms. The Morgan fingerprint density at radius 1 is 0.938 bits per heavy atom. The van der Waals surface area contributed by atoms with Crippen LogP contribution in [0.1, 0.15) is 15.9 Å². The summed E-state index contributed by atoms with van der Waals surface area (Å²) < 4.78 is 40.9. The molecule has 0 heterocycles. The fourth-order valence-corrected chi connectivity index (χ4v) is 3.94. The molecule has 0 atom stereocenters. The van der Waals surface area contributed by atoms with Gasteiger partial charge in [0.1, 0.15) is 5.82 Å². The predicted molar refractivity (Wildman–Crippen MR) is 120 cm³/mol. The van der Waals surface area contributed by atoms with Crippen molar-refractivity contribution in [1.29, 1.82) is 0 Å².